The van der Waals surface area contributed by atoms with Gasteiger partial charge in [0.1, 0.15) is 11.5 Å². The summed E-state index contributed by atoms with van der Waals surface area (Å²) in [7, 11) is 1.34. The van der Waals surface area contributed by atoms with Gasteiger partial charge in [-0.05, 0) is 65.2 Å². The summed E-state index contributed by atoms with van der Waals surface area (Å²) in [4.78, 5) is 32.8. The first-order valence-corrected chi connectivity index (χ1v) is 11.4. The van der Waals surface area contributed by atoms with Gasteiger partial charge in [-0.3, -0.25) is 9.78 Å². The number of esters is 1. The molecule has 6 nitrogen and oxygen atoms in total. The lowest BCUT2D eigenvalue weighted by Crippen LogP contribution is -2.08. The van der Waals surface area contributed by atoms with Crippen molar-refractivity contribution < 1.29 is 19.1 Å². The van der Waals surface area contributed by atoms with E-state index in [9.17, 15) is 9.59 Å². The molecule has 0 fully saturated rings. The largest absolute Gasteiger partial charge is 0.465 e. The quantitative estimate of drug-likeness (QED) is 0.204. The van der Waals surface area contributed by atoms with E-state index in [1.807, 2.05) is 36.4 Å². The van der Waals surface area contributed by atoms with Crippen molar-refractivity contribution in [2.24, 2.45) is 0 Å². The highest BCUT2D eigenvalue weighted by molar-refractivity contribution is 6.31. The SMILES string of the molecule is COC(=O)c1cc2cc(Cl)ccc2cc1CCC(=O)c1c[nH]c2cc(Oc3cccnc3)ccc12. The molecule has 174 valence electrons. The second-order valence-electron chi connectivity index (χ2n) is 8.12. The molecule has 0 saturated carbocycles. The van der Waals surface area contributed by atoms with Crippen LogP contribution in [0.2, 0.25) is 5.02 Å². The zero-order chi connectivity index (χ0) is 24.4. The summed E-state index contributed by atoms with van der Waals surface area (Å²) in [6.07, 6.45) is 5.67. The van der Waals surface area contributed by atoms with Crippen LogP contribution in [0.1, 0.15) is 32.7 Å². The fourth-order valence-electron chi connectivity index (χ4n) is 4.15. The van der Waals surface area contributed by atoms with Gasteiger partial charge in [-0.2, -0.15) is 0 Å². The van der Waals surface area contributed by atoms with Crippen molar-refractivity contribution in [2.75, 3.05) is 7.11 Å². The molecule has 0 saturated heterocycles. The number of nitrogens with one attached hydrogen (secondary N) is 1. The van der Waals surface area contributed by atoms with Crippen LogP contribution in [0.15, 0.2) is 79.3 Å². The Morgan fingerprint density at radius 1 is 0.971 bits per heavy atom. The number of halogens is 1. The molecule has 0 aliphatic heterocycles. The minimum Gasteiger partial charge on any atom is -0.465 e. The molecule has 0 spiro atoms. The highest BCUT2D eigenvalue weighted by Crippen LogP contribution is 2.29. The van der Waals surface area contributed by atoms with E-state index >= 15 is 0 Å². The van der Waals surface area contributed by atoms with Crippen LogP contribution in [-0.2, 0) is 11.2 Å². The molecular weight excluding hydrogens is 464 g/mol. The highest BCUT2D eigenvalue weighted by atomic mass is 35.5. The molecule has 0 atom stereocenters. The van der Waals surface area contributed by atoms with Crippen LogP contribution in [0.25, 0.3) is 21.7 Å². The van der Waals surface area contributed by atoms with E-state index in [0.29, 0.717) is 34.1 Å². The number of fused-ring (bicyclic) bond motifs is 2. The van der Waals surface area contributed by atoms with Crippen LogP contribution in [0.4, 0.5) is 0 Å². The molecule has 7 heteroatoms. The van der Waals surface area contributed by atoms with Crippen molar-refractivity contribution in [3.63, 3.8) is 0 Å². The molecule has 0 unspecified atom stereocenters. The highest BCUT2D eigenvalue weighted by Gasteiger charge is 2.17. The zero-order valence-corrected chi connectivity index (χ0v) is 19.6. The first-order valence-electron chi connectivity index (χ1n) is 11.0. The molecule has 0 aliphatic rings. The number of benzene rings is 3. The van der Waals surface area contributed by atoms with Crippen LogP contribution in [0, 0.1) is 0 Å². The molecule has 1 N–H and O–H groups in total. The third-order valence-electron chi connectivity index (χ3n) is 5.87. The molecule has 5 aromatic rings. The molecule has 0 aliphatic carbocycles. The number of ether oxygens (including phenoxy) is 2. The van der Waals surface area contributed by atoms with E-state index in [2.05, 4.69) is 9.97 Å². The lowest BCUT2D eigenvalue weighted by molar-refractivity contribution is 0.0599. The number of methoxy groups -OCH3 is 1. The van der Waals surface area contributed by atoms with Crippen molar-refractivity contribution in [3.05, 3.63) is 101 Å². The minimum absolute atomic E-state index is 0.0239. The number of rotatable bonds is 7. The second-order valence-corrected chi connectivity index (χ2v) is 8.55. The summed E-state index contributed by atoms with van der Waals surface area (Å²) in [6.45, 7) is 0. The number of nitrogens with zero attached hydrogens (tertiary/aromatic N) is 1. The zero-order valence-electron chi connectivity index (χ0n) is 18.9. The van der Waals surface area contributed by atoms with Gasteiger partial charge >= 0.3 is 5.97 Å². The molecule has 2 aromatic heterocycles. The van der Waals surface area contributed by atoms with Gasteiger partial charge < -0.3 is 14.5 Å². The van der Waals surface area contributed by atoms with Crippen LogP contribution in [0.5, 0.6) is 11.5 Å². The van der Waals surface area contributed by atoms with Gasteiger partial charge in [-0.25, -0.2) is 4.79 Å². The molecule has 3 aromatic carbocycles. The first kappa shape index (κ1) is 22.6. The van der Waals surface area contributed by atoms with Gasteiger partial charge in [0.05, 0.1) is 18.9 Å². The third-order valence-corrected chi connectivity index (χ3v) is 6.11. The molecule has 0 amide bonds. The monoisotopic (exact) mass is 484 g/mol. The number of hydrogen-bond acceptors (Lipinski definition) is 5. The van der Waals surface area contributed by atoms with Gasteiger partial charge in [-0.15, -0.1) is 0 Å². The third kappa shape index (κ3) is 4.74. The number of pyridine rings is 1. The smallest absolute Gasteiger partial charge is 0.338 e. The van der Waals surface area contributed by atoms with Crippen LogP contribution < -0.4 is 4.74 Å². The van der Waals surface area contributed by atoms with E-state index in [0.717, 1.165) is 27.2 Å². The van der Waals surface area contributed by atoms with E-state index in [-0.39, 0.29) is 12.2 Å². The average Bonchev–Trinajstić information content (AvgIpc) is 3.30. The number of carbonyl (C=O) groups excluding carboxylic acids is 2. The van der Waals surface area contributed by atoms with Gasteiger partial charge in [0.25, 0.3) is 0 Å². The number of aryl methyl sites for hydroxylation is 1. The molecule has 0 radical (unpaired) electrons. The number of Topliss-reactive ketones (excluding diaryl/α,β-unsaturated/α-hetero) is 1. The summed E-state index contributed by atoms with van der Waals surface area (Å²) in [5.41, 5.74) is 2.59. The van der Waals surface area contributed by atoms with Crippen LogP contribution in [-0.4, -0.2) is 28.8 Å². The van der Waals surface area contributed by atoms with E-state index < -0.39 is 5.97 Å². The number of aromatic nitrogens is 2. The maximum Gasteiger partial charge on any atom is 0.338 e. The van der Waals surface area contributed by atoms with E-state index in [1.54, 1.807) is 42.9 Å². The normalized spacial score (nSPS) is 11.0. The number of hydrogen-bond donors (Lipinski definition) is 1. The molecule has 5 rings (SSSR count). The van der Waals surface area contributed by atoms with Crippen molar-refractivity contribution in [3.8, 4) is 11.5 Å². The summed E-state index contributed by atoms with van der Waals surface area (Å²) in [5, 5.41) is 3.19. The maximum atomic E-state index is 13.1. The summed E-state index contributed by atoms with van der Waals surface area (Å²) >= 11 is 6.11. The Labute approximate surface area is 206 Å². The van der Waals surface area contributed by atoms with Crippen molar-refractivity contribution in [1.29, 1.82) is 0 Å². The minimum atomic E-state index is -0.442. The van der Waals surface area contributed by atoms with Gasteiger partial charge in [-0.1, -0.05) is 23.7 Å². The fraction of sp³-hybridized carbons (Fsp3) is 0.107. The van der Waals surface area contributed by atoms with Crippen LogP contribution in [0.3, 0.4) is 0 Å². The predicted molar refractivity (Wildman–Crippen MR) is 136 cm³/mol. The summed E-state index contributed by atoms with van der Waals surface area (Å²) in [5.74, 6) is 0.811. The number of ketones is 1. The van der Waals surface area contributed by atoms with E-state index in [1.165, 1.54) is 7.11 Å². The maximum absolute atomic E-state index is 13.1. The molecule has 0 bridgehead atoms. The second kappa shape index (κ2) is 9.60. The van der Waals surface area contributed by atoms with Gasteiger partial charge in [0.15, 0.2) is 5.78 Å². The molecule has 2 heterocycles. The molecule has 35 heavy (non-hydrogen) atoms. The van der Waals surface area contributed by atoms with Gasteiger partial charge in [0.2, 0.25) is 0 Å². The Morgan fingerprint density at radius 3 is 2.66 bits per heavy atom. The number of H-pyrrole nitrogens is 1. The lowest BCUT2D eigenvalue weighted by atomic mass is 9.95. The Hall–Kier alpha value is -4.16. The first-order chi connectivity index (χ1) is 17.0. The Bertz CT molecular complexity index is 1560. The fourth-order valence-corrected chi connectivity index (χ4v) is 4.33. The number of aromatic amines is 1. The lowest BCUT2D eigenvalue weighted by Gasteiger charge is -2.10. The average molecular weight is 485 g/mol. The predicted octanol–water partition coefficient (Wildman–Crippen LogP) is 6.76. The van der Waals surface area contributed by atoms with Crippen molar-refractivity contribution in [2.45, 2.75) is 12.8 Å². The summed E-state index contributed by atoms with van der Waals surface area (Å²) in [6, 6.07) is 18.3. The standard InChI is InChI=1S/C28H21ClN2O4/c1-34-28(33)24-13-19-12-20(29)6-4-17(19)11-18(24)5-9-27(32)25-16-31-26-14-21(7-8-23(25)26)35-22-3-2-10-30-15-22/h2-4,6-8,10-16,31H,5,9H2,1H3. The van der Waals surface area contributed by atoms with Crippen LogP contribution >= 0.6 is 11.6 Å². The Kier molecular flexibility index (Phi) is 6.21. The van der Waals surface area contributed by atoms with Gasteiger partial charge in [0, 0.05) is 46.4 Å². The van der Waals surface area contributed by atoms with Crippen molar-refractivity contribution in [1.82, 2.24) is 9.97 Å². The number of carbonyl (C=O) groups is 2. The molecular formula is C28H21ClN2O4. The Morgan fingerprint density at radius 2 is 1.86 bits per heavy atom. The van der Waals surface area contributed by atoms with Crippen molar-refractivity contribution >= 4 is 45.0 Å². The van der Waals surface area contributed by atoms with E-state index in [4.69, 9.17) is 21.1 Å². The Balaban J connectivity index is 1.37. The summed E-state index contributed by atoms with van der Waals surface area (Å²) < 4.78 is 10.8. The topological polar surface area (TPSA) is 81.3 Å².